The highest BCUT2D eigenvalue weighted by molar-refractivity contribution is 6.29. The summed E-state index contributed by atoms with van der Waals surface area (Å²) in [4.78, 5) is 6.11. The minimum atomic E-state index is -0.00736. The van der Waals surface area contributed by atoms with Crippen molar-refractivity contribution in [2.75, 3.05) is 14.1 Å². The van der Waals surface area contributed by atoms with Crippen LogP contribution >= 0.6 is 11.6 Å². The molecule has 0 bridgehead atoms. The highest BCUT2D eigenvalue weighted by Crippen LogP contribution is 2.25. The van der Waals surface area contributed by atoms with E-state index >= 15 is 0 Å². The first-order valence-corrected chi connectivity index (χ1v) is 4.62. The van der Waals surface area contributed by atoms with Crippen LogP contribution in [0.2, 0.25) is 5.15 Å². The van der Waals surface area contributed by atoms with Gasteiger partial charge in [-0.15, -0.1) is 0 Å². The van der Waals surface area contributed by atoms with E-state index < -0.39 is 0 Å². The SMILES string of the molecule is CN(C)C(C)(C)c1ccnc(Cl)c1. The largest absolute Gasteiger partial charge is 0.300 e. The Morgan fingerprint density at radius 1 is 1.38 bits per heavy atom. The van der Waals surface area contributed by atoms with Crippen molar-refractivity contribution >= 4 is 11.6 Å². The van der Waals surface area contributed by atoms with Crippen LogP contribution in [-0.2, 0) is 5.54 Å². The number of halogens is 1. The van der Waals surface area contributed by atoms with Crippen LogP contribution in [0.4, 0.5) is 0 Å². The van der Waals surface area contributed by atoms with Crippen LogP contribution in [0.25, 0.3) is 0 Å². The first kappa shape index (κ1) is 10.5. The Morgan fingerprint density at radius 2 is 2.00 bits per heavy atom. The molecule has 0 aliphatic rings. The van der Waals surface area contributed by atoms with Crippen molar-refractivity contribution in [3.05, 3.63) is 29.0 Å². The maximum absolute atomic E-state index is 5.83. The lowest BCUT2D eigenvalue weighted by atomic mass is 9.94. The monoisotopic (exact) mass is 198 g/mol. The van der Waals surface area contributed by atoms with Crippen molar-refractivity contribution in [2.45, 2.75) is 19.4 Å². The molecule has 0 unspecified atom stereocenters. The van der Waals surface area contributed by atoms with E-state index in [4.69, 9.17) is 11.6 Å². The minimum absolute atomic E-state index is 0.00736. The summed E-state index contributed by atoms with van der Waals surface area (Å²) in [5.74, 6) is 0. The molecule has 72 valence electrons. The van der Waals surface area contributed by atoms with E-state index in [1.165, 1.54) is 5.56 Å². The van der Waals surface area contributed by atoms with E-state index in [0.29, 0.717) is 5.15 Å². The van der Waals surface area contributed by atoms with Crippen LogP contribution < -0.4 is 0 Å². The van der Waals surface area contributed by atoms with Crippen molar-refractivity contribution in [1.82, 2.24) is 9.88 Å². The molecule has 1 rings (SSSR count). The Labute approximate surface area is 84.5 Å². The van der Waals surface area contributed by atoms with Gasteiger partial charge in [0.15, 0.2) is 0 Å². The van der Waals surface area contributed by atoms with Gasteiger partial charge in [0.05, 0.1) is 0 Å². The predicted octanol–water partition coefficient (Wildman–Crippen LogP) is 2.53. The van der Waals surface area contributed by atoms with Crippen molar-refractivity contribution in [3.8, 4) is 0 Å². The van der Waals surface area contributed by atoms with E-state index in [9.17, 15) is 0 Å². The van der Waals surface area contributed by atoms with Gasteiger partial charge in [0.2, 0.25) is 0 Å². The topological polar surface area (TPSA) is 16.1 Å². The fourth-order valence-electron chi connectivity index (χ4n) is 1.04. The molecule has 13 heavy (non-hydrogen) atoms. The summed E-state index contributed by atoms with van der Waals surface area (Å²) >= 11 is 5.83. The summed E-state index contributed by atoms with van der Waals surface area (Å²) in [7, 11) is 4.10. The summed E-state index contributed by atoms with van der Waals surface area (Å²) in [5, 5.41) is 0.549. The third-order valence-electron chi connectivity index (χ3n) is 2.55. The second kappa shape index (κ2) is 3.64. The average molecular weight is 199 g/mol. The van der Waals surface area contributed by atoms with E-state index in [1.54, 1.807) is 6.20 Å². The number of hydrogen-bond donors (Lipinski definition) is 0. The van der Waals surface area contributed by atoms with E-state index in [2.05, 4.69) is 23.7 Å². The second-order valence-electron chi connectivity index (χ2n) is 3.82. The van der Waals surface area contributed by atoms with Crippen molar-refractivity contribution in [2.24, 2.45) is 0 Å². The Hall–Kier alpha value is -0.600. The van der Waals surface area contributed by atoms with Crippen LogP contribution in [0, 0.1) is 0 Å². The number of pyridine rings is 1. The van der Waals surface area contributed by atoms with Crippen LogP contribution in [0.3, 0.4) is 0 Å². The molecule has 0 radical (unpaired) electrons. The third kappa shape index (κ3) is 2.20. The van der Waals surface area contributed by atoms with Gasteiger partial charge >= 0.3 is 0 Å². The molecule has 0 aliphatic carbocycles. The Balaban J connectivity index is 3.07. The smallest absolute Gasteiger partial charge is 0.129 e. The molecule has 1 aromatic heterocycles. The molecule has 0 saturated carbocycles. The standard InChI is InChI=1S/C10H15ClN2/c1-10(2,13(3)4)8-5-6-12-9(11)7-8/h5-7H,1-4H3. The predicted molar refractivity (Wildman–Crippen MR) is 56.0 cm³/mol. The quantitative estimate of drug-likeness (QED) is 0.679. The molecule has 2 nitrogen and oxygen atoms in total. The van der Waals surface area contributed by atoms with Gasteiger partial charge in [-0.1, -0.05) is 11.6 Å². The fraction of sp³-hybridized carbons (Fsp3) is 0.500. The van der Waals surface area contributed by atoms with Gasteiger partial charge in [0.25, 0.3) is 0 Å². The summed E-state index contributed by atoms with van der Waals surface area (Å²) in [6.45, 7) is 4.30. The van der Waals surface area contributed by atoms with Crippen molar-refractivity contribution in [1.29, 1.82) is 0 Å². The second-order valence-corrected chi connectivity index (χ2v) is 4.21. The summed E-state index contributed by atoms with van der Waals surface area (Å²) < 4.78 is 0. The van der Waals surface area contributed by atoms with Gasteiger partial charge in [0, 0.05) is 11.7 Å². The van der Waals surface area contributed by atoms with E-state index in [1.807, 2.05) is 26.2 Å². The third-order valence-corrected chi connectivity index (χ3v) is 2.76. The molecular weight excluding hydrogens is 184 g/mol. The Morgan fingerprint density at radius 3 is 2.46 bits per heavy atom. The molecule has 0 fully saturated rings. The maximum atomic E-state index is 5.83. The summed E-state index contributed by atoms with van der Waals surface area (Å²) in [5.41, 5.74) is 1.17. The molecule has 0 N–H and O–H groups in total. The summed E-state index contributed by atoms with van der Waals surface area (Å²) in [6.07, 6.45) is 1.74. The van der Waals surface area contributed by atoms with Crippen LogP contribution in [0.1, 0.15) is 19.4 Å². The van der Waals surface area contributed by atoms with Gasteiger partial charge in [0.1, 0.15) is 5.15 Å². The van der Waals surface area contributed by atoms with Crippen LogP contribution in [0.5, 0.6) is 0 Å². The van der Waals surface area contributed by atoms with Crippen LogP contribution in [-0.4, -0.2) is 24.0 Å². The van der Waals surface area contributed by atoms with Gasteiger partial charge < -0.3 is 4.90 Å². The Kier molecular flexibility index (Phi) is 2.94. The minimum Gasteiger partial charge on any atom is -0.300 e. The number of aromatic nitrogens is 1. The lowest BCUT2D eigenvalue weighted by molar-refractivity contribution is 0.197. The first-order chi connectivity index (χ1) is 5.94. The number of nitrogens with zero attached hydrogens (tertiary/aromatic N) is 2. The molecule has 1 heterocycles. The molecule has 0 aromatic carbocycles. The number of rotatable bonds is 2. The van der Waals surface area contributed by atoms with Crippen molar-refractivity contribution < 1.29 is 0 Å². The zero-order valence-electron chi connectivity index (χ0n) is 8.50. The van der Waals surface area contributed by atoms with E-state index in [0.717, 1.165) is 0 Å². The molecule has 0 aliphatic heterocycles. The van der Waals surface area contributed by atoms with E-state index in [-0.39, 0.29) is 5.54 Å². The molecule has 0 saturated heterocycles. The van der Waals surface area contributed by atoms with Gasteiger partial charge in [-0.3, -0.25) is 0 Å². The molecule has 0 amide bonds. The average Bonchev–Trinajstić information content (AvgIpc) is 2.04. The zero-order valence-corrected chi connectivity index (χ0v) is 9.26. The first-order valence-electron chi connectivity index (χ1n) is 4.24. The van der Waals surface area contributed by atoms with Crippen molar-refractivity contribution in [3.63, 3.8) is 0 Å². The molecule has 1 aromatic rings. The molecular formula is C10H15ClN2. The molecule has 3 heteroatoms. The van der Waals surface area contributed by atoms with Gasteiger partial charge in [-0.05, 0) is 45.6 Å². The van der Waals surface area contributed by atoms with Crippen LogP contribution in [0.15, 0.2) is 18.3 Å². The highest BCUT2D eigenvalue weighted by Gasteiger charge is 2.22. The Bertz CT molecular complexity index is 295. The van der Waals surface area contributed by atoms with Gasteiger partial charge in [-0.25, -0.2) is 4.98 Å². The molecule has 0 spiro atoms. The zero-order chi connectivity index (χ0) is 10.1. The normalized spacial score (nSPS) is 12.2. The maximum Gasteiger partial charge on any atom is 0.129 e. The van der Waals surface area contributed by atoms with Gasteiger partial charge in [-0.2, -0.15) is 0 Å². The summed E-state index contributed by atoms with van der Waals surface area (Å²) in [6, 6.07) is 3.90. The molecule has 0 atom stereocenters. The lowest BCUT2D eigenvalue weighted by Gasteiger charge is -2.33. The highest BCUT2D eigenvalue weighted by atomic mass is 35.5. The fourth-order valence-corrected chi connectivity index (χ4v) is 1.22. The lowest BCUT2D eigenvalue weighted by Crippen LogP contribution is -2.35. The number of hydrogen-bond acceptors (Lipinski definition) is 2.